The number of alkyl halides is 12. The monoisotopic (exact) mass is 459 g/mol. The first-order valence-corrected chi connectivity index (χ1v) is 6.74. The third-order valence-corrected chi connectivity index (χ3v) is 3.24. The van der Waals surface area contributed by atoms with Gasteiger partial charge in [-0.15, -0.1) is 0 Å². The molecule has 0 unspecified atom stereocenters. The fraction of sp³-hybridized carbons (Fsp3) is 0.750. The van der Waals surface area contributed by atoms with Crippen molar-refractivity contribution in [3.8, 4) is 0 Å². The Balaban J connectivity index is 6.25. The van der Waals surface area contributed by atoms with E-state index in [0.717, 1.165) is 0 Å². The standard InChI is InChI=1S/C8H2F14O4S/c9-2(10)1-3(11,12)4(13,14)5(15,16)6(17,18)26-7(19,20)8(21,22)27(23,24)25/h1H,(H,23,24,25)/p-1. The minimum Gasteiger partial charge on any atom is -0.743 e. The van der Waals surface area contributed by atoms with Crippen molar-refractivity contribution in [1.29, 1.82) is 0 Å². The molecule has 0 aliphatic heterocycles. The molecule has 0 N–H and O–H groups in total. The topological polar surface area (TPSA) is 66.4 Å². The van der Waals surface area contributed by atoms with Gasteiger partial charge >= 0.3 is 35.2 Å². The maximum atomic E-state index is 13.0. The lowest BCUT2D eigenvalue weighted by Crippen LogP contribution is -2.65. The SMILES string of the molecule is O=S(=O)([O-])C(F)(F)C(F)(F)OC(F)(F)C(F)(F)C(F)(F)C(F)(F)C=C(F)F. The van der Waals surface area contributed by atoms with Crippen LogP contribution in [-0.2, 0) is 14.9 Å². The number of rotatable bonds is 8. The first-order chi connectivity index (χ1) is 11.4. The minimum absolute atomic E-state index is 1.30. The number of hydrogen-bond acceptors (Lipinski definition) is 4. The van der Waals surface area contributed by atoms with Crippen molar-refractivity contribution in [3.05, 3.63) is 12.2 Å². The molecule has 0 aromatic rings. The number of halogens is 14. The molecule has 0 aromatic heterocycles. The summed E-state index contributed by atoms with van der Waals surface area (Å²) in [5.74, 6) is -22.5. The number of hydrogen-bond donors (Lipinski definition) is 0. The van der Waals surface area contributed by atoms with Gasteiger partial charge in [-0.1, -0.05) is 0 Å². The molecule has 0 aromatic carbocycles. The third kappa shape index (κ3) is 4.23. The predicted molar refractivity (Wildman–Crippen MR) is 50.8 cm³/mol. The molecule has 0 aliphatic rings. The van der Waals surface area contributed by atoms with Gasteiger partial charge in [-0.3, -0.25) is 0 Å². The van der Waals surface area contributed by atoms with Gasteiger partial charge in [0.1, 0.15) is 0 Å². The summed E-state index contributed by atoms with van der Waals surface area (Å²) in [4.78, 5) is 0. The van der Waals surface area contributed by atoms with E-state index in [2.05, 4.69) is 0 Å². The van der Waals surface area contributed by atoms with Crippen molar-refractivity contribution in [3.63, 3.8) is 0 Å². The van der Waals surface area contributed by atoms with Crippen molar-refractivity contribution < 1.29 is 79.2 Å². The molecule has 0 heterocycles. The Labute approximate surface area is 138 Å². The van der Waals surface area contributed by atoms with Gasteiger partial charge in [0.2, 0.25) is 0 Å². The largest absolute Gasteiger partial charge is 0.743 e. The van der Waals surface area contributed by atoms with E-state index in [1.54, 1.807) is 0 Å². The molecule has 27 heavy (non-hydrogen) atoms. The predicted octanol–water partition coefficient (Wildman–Crippen LogP) is 4.01. The highest BCUT2D eigenvalue weighted by Gasteiger charge is 2.84. The van der Waals surface area contributed by atoms with Gasteiger partial charge in [-0.2, -0.15) is 61.5 Å². The van der Waals surface area contributed by atoms with Crippen LogP contribution in [0.15, 0.2) is 12.2 Å². The molecule has 0 atom stereocenters. The van der Waals surface area contributed by atoms with Crippen LogP contribution in [0.1, 0.15) is 0 Å². The van der Waals surface area contributed by atoms with Crippen LogP contribution >= 0.6 is 0 Å². The molecule has 19 heteroatoms. The summed E-state index contributed by atoms with van der Waals surface area (Å²) in [5, 5.41) is -7.26. The number of ether oxygens (including phenoxy) is 1. The van der Waals surface area contributed by atoms with Gasteiger partial charge in [-0.25, -0.2) is 13.2 Å². The Morgan fingerprint density at radius 1 is 0.741 bits per heavy atom. The fourth-order valence-corrected chi connectivity index (χ4v) is 1.38. The molecular formula is C8HF14O4S-. The van der Waals surface area contributed by atoms with Crippen molar-refractivity contribution in [1.82, 2.24) is 0 Å². The number of allylic oxidation sites excluding steroid dienone is 1. The van der Waals surface area contributed by atoms with Crippen molar-refractivity contribution in [2.75, 3.05) is 0 Å². The quantitative estimate of drug-likeness (QED) is 0.407. The Bertz CT molecular complexity index is 692. The second-order valence-electron chi connectivity index (χ2n) is 4.31. The highest BCUT2D eigenvalue weighted by Crippen LogP contribution is 2.56. The average molecular weight is 459 g/mol. The highest BCUT2D eigenvalue weighted by molar-refractivity contribution is 7.86. The molecule has 0 bridgehead atoms. The zero-order valence-corrected chi connectivity index (χ0v) is 12.2. The van der Waals surface area contributed by atoms with E-state index in [1.165, 1.54) is 4.74 Å². The zero-order chi connectivity index (χ0) is 22.5. The van der Waals surface area contributed by atoms with Gasteiger partial charge < -0.3 is 4.55 Å². The van der Waals surface area contributed by atoms with Gasteiger partial charge in [0.25, 0.3) is 6.08 Å². The molecule has 4 nitrogen and oxygen atoms in total. The summed E-state index contributed by atoms with van der Waals surface area (Å²) >= 11 is 0. The van der Waals surface area contributed by atoms with E-state index < -0.39 is 57.5 Å². The molecule has 0 radical (unpaired) electrons. The van der Waals surface area contributed by atoms with Gasteiger partial charge in [0.15, 0.2) is 10.1 Å². The first-order valence-electron chi connectivity index (χ1n) is 5.34. The van der Waals surface area contributed by atoms with Crippen LogP contribution in [-0.4, -0.2) is 48.2 Å². The molecule has 0 rings (SSSR count). The summed E-state index contributed by atoms with van der Waals surface area (Å²) in [7, 11) is -7.64. The smallest absolute Gasteiger partial charge is 0.438 e. The van der Waals surface area contributed by atoms with E-state index in [4.69, 9.17) is 0 Å². The second kappa shape index (κ2) is 6.61. The van der Waals surface area contributed by atoms with Crippen LogP contribution in [0.4, 0.5) is 61.5 Å². The van der Waals surface area contributed by atoms with E-state index in [1.807, 2.05) is 0 Å². The summed E-state index contributed by atoms with van der Waals surface area (Å²) in [6.07, 6.45) is -21.3. The van der Waals surface area contributed by atoms with E-state index in [-0.39, 0.29) is 0 Å². The van der Waals surface area contributed by atoms with Crippen molar-refractivity contribution >= 4 is 10.1 Å². The Hall–Kier alpha value is -1.37. The fourth-order valence-electron chi connectivity index (χ4n) is 1.05. The van der Waals surface area contributed by atoms with Crippen LogP contribution in [0.25, 0.3) is 0 Å². The maximum Gasteiger partial charge on any atom is 0.438 e. The normalized spacial score (nSPS) is 15.7. The summed E-state index contributed by atoms with van der Waals surface area (Å²) < 4.78 is 207. The van der Waals surface area contributed by atoms with Gasteiger partial charge in [-0.05, 0) is 0 Å². The maximum absolute atomic E-state index is 13.0. The zero-order valence-electron chi connectivity index (χ0n) is 11.4. The highest BCUT2D eigenvalue weighted by atomic mass is 32.2. The van der Waals surface area contributed by atoms with Gasteiger partial charge in [0, 0.05) is 0 Å². The van der Waals surface area contributed by atoms with Crippen molar-refractivity contribution in [2.24, 2.45) is 0 Å². The summed E-state index contributed by atoms with van der Waals surface area (Å²) in [6, 6.07) is 0. The molecule has 0 amide bonds. The molecule has 0 saturated heterocycles. The summed E-state index contributed by atoms with van der Waals surface area (Å²) in [6.45, 7) is 0. The molecule has 0 spiro atoms. The third-order valence-electron chi connectivity index (χ3n) is 2.38. The van der Waals surface area contributed by atoms with Crippen LogP contribution in [0.2, 0.25) is 0 Å². The molecular weight excluding hydrogens is 458 g/mol. The Morgan fingerprint density at radius 2 is 1.11 bits per heavy atom. The van der Waals surface area contributed by atoms with Crippen molar-refractivity contribution in [2.45, 2.75) is 35.2 Å². The van der Waals surface area contributed by atoms with Crippen LogP contribution in [0, 0.1) is 0 Å². The lowest BCUT2D eigenvalue weighted by molar-refractivity contribution is -0.486. The van der Waals surface area contributed by atoms with E-state index >= 15 is 0 Å². The molecule has 0 saturated carbocycles. The lowest BCUT2D eigenvalue weighted by Gasteiger charge is -2.37. The van der Waals surface area contributed by atoms with E-state index in [9.17, 15) is 74.4 Å². The Kier molecular flexibility index (Phi) is 6.27. The van der Waals surface area contributed by atoms with Crippen LogP contribution in [0.5, 0.6) is 0 Å². The minimum atomic E-state index is -7.92. The molecule has 162 valence electrons. The van der Waals surface area contributed by atoms with Crippen LogP contribution < -0.4 is 0 Å². The lowest BCUT2D eigenvalue weighted by atomic mass is 10.0. The molecule has 0 fully saturated rings. The summed E-state index contributed by atoms with van der Waals surface area (Å²) in [5.41, 5.74) is 0. The van der Waals surface area contributed by atoms with Gasteiger partial charge in [0.05, 0.1) is 6.08 Å². The second-order valence-corrected chi connectivity index (χ2v) is 5.73. The molecule has 0 aliphatic carbocycles. The average Bonchev–Trinajstić information content (AvgIpc) is 2.33. The van der Waals surface area contributed by atoms with Crippen LogP contribution in [0.3, 0.4) is 0 Å². The van der Waals surface area contributed by atoms with E-state index in [0.29, 0.717) is 0 Å². The first kappa shape index (κ1) is 25.6. The Morgan fingerprint density at radius 3 is 1.41 bits per heavy atom.